The molecule has 1 unspecified atom stereocenters. The molecular weight excluding hydrogens is 374 g/mol. The van der Waals surface area contributed by atoms with Crippen molar-refractivity contribution in [3.63, 3.8) is 0 Å². The summed E-state index contributed by atoms with van der Waals surface area (Å²) in [5, 5.41) is 16.2. The Balaban J connectivity index is 1.53. The maximum Gasteiger partial charge on any atom is 0.427 e. The summed E-state index contributed by atoms with van der Waals surface area (Å²) in [6.45, 7) is 2.82. The van der Waals surface area contributed by atoms with Crippen LogP contribution in [0.2, 0.25) is 0 Å². The summed E-state index contributed by atoms with van der Waals surface area (Å²) in [4.78, 5) is 4.90. The first kappa shape index (κ1) is 19.5. The van der Waals surface area contributed by atoms with Crippen molar-refractivity contribution >= 4 is 6.01 Å². The van der Waals surface area contributed by atoms with E-state index in [-0.39, 0.29) is 5.92 Å². The highest BCUT2D eigenvalue weighted by molar-refractivity contribution is 5.34. The molecular formula is C25H30N3O2+. The first-order chi connectivity index (χ1) is 14.7. The van der Waals surface area contributed by atoms with Gasteiger partial charge in [0, 0.05) is 5.56 Å². The molecule has 5 nitrogen and oxygen atoms in total. The molecule has 1 saturated heterocycles. The Morgan fingerprint density at radius 3 is 2.20 bits per heavy atom. The molecule has 5 rings (SSSR count). The van der Waals surface area contributed by atoms with Crippen molar-refractivity contribution in [2.45, 2.75) is 50.7 Å². The maximum absolute atomic E-state index is 11.9. The van der Waals surface area contributed by atoms with Crippen molar-refractivity contribution in [3.8, 4) is 0 Å². The fraction of sp³-hybridized carbons (Fsp3) is 0.440. The largest absolute Gasteiger partial charge is 0.427 e. The molecule has 0 spiro atoms. The Labute approximate surface area is 177 Å². The Kier molecular flexibility index (Phi) is 5.17. The van der Waals surface area contributed by atoms with Crippen molar-refractivity contribution in [2.75, 3.05) is 13.1 Å². The van der Waals surface area contributed by atoms with Crippen LogP contribution in [0.15, 0.2) is 65.2 Å². The zero-order chi connectivity index (χ0) is 20.4. The quantitative estimate of drug-likeness (QED) is 0.600. The zero-order valence-corrected chi connectivity index (χ0v) is 17.4. The highest BCUT2D eigenvalue weighted by Crippen LogP contribution is 2.46. The van der Waals surface area contributed by atoms with E-state index in [1.807, 2.05) is 36.4 Å². The lowest BCUT2D eigenvalue weighted by Gasteiger charge is -2.39. The third-order valence-corrected chi connectivity index (χ3v) is 7.07. The number of piperidine rings is 1. The van der Waals surface area contributed by atoms with Crippen LogP contribution in [0.5, 0.6) is 0 Å². The van der Waals surface area contributed by atoms with Gasteiger partial charge in [-0.15, -0.1) is 4.98 Å². The van der Waals surface area contributed by atoms with Gasteiger partial charge in [-0.1, -0.05) is 72.2 Å². The summed E-state index contributed by atoms with van der Waals surface area (Å²) in [5.74, 6) is 0.554. The van der Waals surface area contributed by atoms with Gasteiger partial charge in [0.05, 0.1) is 13.1 Å². The fourth-order valence-electron chi connectivity index (χ4n) is 5.10. The molecule has 1 saturated carbocycles. The highest BCUT2D eigenvalue weighted by atomic mass is 16.5. The second-order valence-electron chi connectivity index (χ2n) is 8.96. The van der Waals surface area contributed by atoms with Gasteiger partial charge < -0.3 is 5.11 Å². The van der Waals surface area contributed by atoms with E-state index in [0.29, 0.717) is 16.3 Å². The van der Waals surface area contributed by atoms with E-state index in [4.69, 9.17) is 9.51 Å². The van der Waals surface area contributed by atoms with Crippen LogP contribution in [0.4, 0.5) is 6.01 Å². The average molecular weight is 405 g/mol. The number of nitrogens with zero attached hydrogens (tertiary/aromatic N) is 3. The summed E-state index contributed by atoms with van der Waals surface area (Å²) >= 11 is 0. The molecule has 1 aromatic heterocycles. The molecule has 3 aromatic rings. The number of aliphatic hydroxyl groups is 1. The average Bonchev–Trinajstić information content (AvgIpc) is 3.26. The predicted octanol–water partition coefficient (Wildman–Crippen LogP) is 4.80. The lowest BCUT2D eigenvalue weighted by Crippen LogP contribution is -2.52. The second kappa shape index (κ2) is 7.97. The number of aromatic nitrogens is 2. The topological polar surface area (TPSA) is 59.2 Å². The Bertz CT molecular complexity index is 962. The first-order valence-electron chi connectivity index (χ1n) is 11.2. The van der Waals surface area contributed by atoms with E-state index < -0.39 is 5.60 Å². The van der Waals surface area contributed by atoms with Crippen molar-refractivity contribution in [1.29, 1.82) is 0 Å². The minimum absolute atomic E-state index is 0.134. The van der Waals surface area contributed by atoms with Crippen molar-refractivity contribution < 1.29 is 9.63 Å². The maximum atomic E-state index is 11.9. The van der Waals surface area contributed by atoms with Gasteiger partial charge >= 0.3 is 6.01 Å². The molecule has 2 aromatic carbocycles. The molecule has 0 bridgehead atoms. The lowest BCUT2D eigenvalue weighted by molar-refractivity contribution is -0.0286. The van der Waals surface area contributed by atoms with E-state index >= 15 is 0 Å². The Morgan fingerprint density at radius 1 is 0.900 bits per heavy atom. The standard InChI is InChI=1S/C25H30N3O2/c29-25(22-15-10-16-22,21-13-6-2-7-14-21)23-26-24(30-27-23)28(17-8-3-9-18-28)19-20-11-4-1-5-12-20/h1-2,4-7,11-14,22,29H,3,8-10,15-19H2/q+1. The molecule has 1 aliphatic heterocycles. The second-order valence-corrected chi connectivity index (χ2v) is 8.96. The Morgan fingerprint density at radius 2 is 1.57 bits per heavy atom. The zero-order valence-electron chi connectivity index (χ0n) is 17.4. The summed E-state index contributed by atoms with van der Waals surface area (Å²) in [6.07, 6.45) is 6.65. The van der Waals surface area contributed by atoms with Gasteiger partial charge in [0.1, 0.15) is 6.54 Å². The van der Waals surface area contributed by atoms with Gasteiger partial charge in [-0.2, -0.15) is 0 Å². The molecule has 2 fully saturated rings. The SMILES string of the molecule is OC(c1ccccc1)(c1noc([N+]2(Cc3ccccc3)CCCCC2)n1)C1CCC1. The molecule has 156 valence electrons. The number of likely N-dealkylation sites (tertiary alicyclic amines) is 1. The van der Waals surface area contributed by atoms with Gasteiger partial charge in [0.15, 0.2) is 5.60 Å². The predicted molar refractivity (Wildman–Crippen MR) is 117 cm³/mol. The summed E-state index contributed by atoms with van der Waals surface area (Å²) in [5.41, 5.74) is 0.945. The number of benzene rings is 2. The smallest absolute Gasteiger partial charge is 0.377 e. The van der Waals surface area contributed by atoms with Crippen LogP contribution in [0, 0.1) is 5.92 Å². The van der Waals surface area contributed by atoms with Gasteiger partial charge in [-0.25, -0.2) is 4.48 Å². The van der Waals surface area contributed by atoms with Crippen LogP contribution in [-0.4, -0.2) is 28.3 Å². The molecule has 2 heterocycles. The van der Waals surface area contributed by atoms with E-state index in [1.54, 1.807) is 0 Å². The number of quaternary nitrogens is 1. The fourth-order valence-corrected chi connectivity index (χ4v) is 5.10. The van der Waals surface area contributed by atoms with Crippen molar-refractivity contribution in [1.82, 2.24) is 14.6 Å². The number of hydrogen-bond donors (Lipinski definition) is 1. The normalized spacial score (nSPS) is 21.0. The monoisotopic (exact) mass is 404 g/mol. The van der Waals surface area contributed by atoms with E-state index in [9.17, 15) is 5.11 Å². The summed E-state index contributed by atoms with van der Waals surface area (Å²) in [6, 6.07) is 21.0. The molecule has 0 radical (unpaired) electrons. The molecule has 2 aliphatic rings. The minimum Gasteiger partial charge on any atom is -0.377 e. The van der Waals surface area contributed by atoms with Crippen LogP contribution in [0.25, 0.3) is 0 Å². The van der Waals surface area contributed by atoms with Gasteiger partial charge in [0.25, 0.3) is 0 Å². The van der Waals surface area contributed by atoms with Crippen molar-refractivity contribution in [3.05, 3.63) is 77.6 Å². The third-order valence-electron chi connectivity index (χ3n) is 7.07. The summed E-state index contributed by atoms with van der Waals surface area (Å²) in [7, 11) is 0. The molecule has 30 heavy (non-hydrogen) atoms. The van der Waals surface area contributed by atoms with Crippen LogP contribution >= 0.6 is 0 Å². The third kappa shape index (κ3) is 3.36. The molecule has 5 heteroatoms. The first-order valence-corrected chi connectivity index (χ1v) is 11.2. The summed E-state index contributed by atoms with van der Waals surface area (Å²) < 4.78 is 6.59. The minimum atomic E-state index is -1.19. The lowest BCUT2D eigenvalue weighted by atomic mass is 9.69. The van der Waals surface area contributed by atoms with E-state index in [1.165, 1.54) is 12.0 Å². The van der Waals surface area contributed by atoms with Crippen LogP contribution in [0.1, 0.15) is 55.5 Å². The van der Waals surface area contributed by atoms with E-state index in [0.717, 1.165) is 57.3 Å². The van der Waals surface area contributed by atoms with Crippen LogP contribution in [0.3, 0.4) is 0 Å². The number of hydrogen-bond acceptors (Lipinski definition) is 4. The Hall–Kier alpha value is -2.50. The molecule has 1 aliphatic carbocycles. The van der Waals surface area contributed by atoms with Gasteiger partial charge in [0.2, 0.25) is 5.82 Å². The van der Waals surface area contributed by atoms with Crippen molar-refractivity contribution in [2.24, 2.45) is 5.92 Å². The van der Waals surface area contributed by atoms with Crippen LogP contribution < -0.4 is 4.48 Å². The van der Waals surface area contributed by atoms with Gasteiger partial charge in [-0.3, -0.25) is 4.52 Å². The molecule has 0 amide bonds. The highest BCUT2D eigenvalue weighted by Gasteiger charge is 2.48. The van der Waals surface area contributed by atoms with Crippen LogP contribution in [-0.2, 0) is 12.1 Å². The molecule has 1 N–H and O–H groups in total. The van der Waals surface area contributed by atoms with Gasteiger partial charge in [-0.05, 0) is 43.6 Å². The molecule has 1 atom stereocenters. The number of rotatable bonds is 6. The van der Waals surface area contributed by atoms with E-state index in [2.05, 4.69) is 29.4 Å².